The molecule has 0 spiro atoms. The minimum atomic E-state index is -0.906. The molecule has 5 rings (SSSR count). The number of rotatable bonds is 6. The van der Waals surface area contributed by atoms with Crippen LogP contribution in [0.15, 0.2) is 30.6 Å². The number of nitriles is 1. The number of anilines is 1. The van der Waals surface area contributed by atoms with Gasteiger partial charge in [0.05, 0.1) is 18.4 Å². The molecule has 2 aliphatic rings. The number of hydrogen-bond acceptors (Lipinski definition) is 8. The molecule has 35 heavy (non-hydrogen) atoms. The molecule has 2 saturated carbocycles. The lowest BCUT2D eigenvalue weighted by Gasteiger charge is -2.37. The zero-order chi connectivity index (χ0) is 24.6. The Hall–Kier alpha value is -3.12. The number of nitrogens with zero attached hydrogens (tertiary/aromatic N) is 6. The van der Waals surface area contributed by atoms with Crippen molar-refractivity contribution in [3.8, 4) is 33.6 Å². The number of halogens is 1. The Morgan fingerprint density at radius 1 is 1.23 bits per heavy atom. The molecular formula is C26H29FN6OS. The highest BCUT2D eigenvalue weighted by Crippen LogP contribution is 2.44. The van der Waals surface area contributed by atoms with E-state index < -0.39 is 6.17 Å². The van der Waals surface area contributed by atoms with Gasteiger partial charge in [0.2, 0.25) is 5.95 Å². The van der Waals surface area contributed by atoms with E-state index >= 15 is 4.39 Å². The maximum Gasteiger partial charge on any atom is 0.245 e. The zero-order valence-corrected chi connectivity index (χ0v) is 20.8. The van der Waals surface area contributed by atoms with Crippen LogP contribution in [0.2, 0.25) is 0 Å². The van der Waals surface area contributed by atoms with Crippen molar-refractivity contribution < 1.29 is 9.50 Å². The van der Waals surface area contributed by atoms with Gasteiger partial charge in [0, 0.05) is 17.2 Å². The summed E-state index contributed by atoms with van der Waals surface area (Å²) in [5.41, 5.74) is 1.79. The maximum atomic E-state index is 15.3. The van der Waals surface area contributed by atoms with Gasteiger partial charge in [-0.2, -0.15) is 5.26 Å². The Morgan fingerprint density at radius 2 is 2.06 bits per heavy atom. The lowest BCUT2D eigenvalue weighted by molar-refractivity contribution is 0.208. The van der Waals surface area contributed by atoms with Gasteiger partial charge in [-0.25, -0.2) is 14.4 Å². The van der Waals surface area contributed by atoms with Crippen molar-refractivity contribution in [3.63, 3.8) is 0 Å². The standard InChI is InChI=1S/C26H29FN6OS/c1-3-26(2)10-4-5-20(27)22(12-26)33(17-7-8-17)25-30-15-21(31-32-25)19-9-6-16(11-23(19)34)24-29-14-18(13-28)35-24/h6,9,11,14-15,17,20,22,34H,3-5,7-8,10,12H2,1-2H3/t20-,22+,26+/m0/s1. The van der Waals surface area contributed by atoms with Crippen LogP contribution < -0.4 is 4.90 Å². The van der Waals surface area contributed by atoms with Crippen LogP contribution in [0.4, 0.5) is 10.3 Å². The summed E-state index contributed by atoms with van der Waals surface area (Å²) in [5.74, 6) is 0.498. The van der Waals surface area contributed by atoms with E-state index in [1.807, 2.05) is 6.07 Å². The first-order valence-corrected chi connectivity index (χ1v) is 13.0. The number of aromatic hydroxyl groups is 1. The van der Waals surface area contributed by atoms with Crippen LogP contribution in [0.1, 0.15) is 63.7 Å². The number of aromatic nitrogens is 4. The van der Waals surface area contributed by atoms with Gasteiger partial charge in [-0.05, 0) is 56.1 Å². The van der Waals surface area contributed by atoms with E-state index in [0.29, 0.717) is 33.5 Å². The highest BCUT2D eigenvalue weighted by atomic mass is 32.1. The zero-order valence-electron chi connectivity index (χ0n) is 20.0. The SMILES string of the molecule is CC[C@]1(C)CCC[C@H](F)[C@H](N(c2ncc(-c3ccc(-c4ncc(C#N)s4)cc3O)nn2)C2CC2)C1. The number of alkyl halides is 1. The summed E-state index contributed by atoms with van der Waals surface area (Å²) in [6.07, 6.45) is 8.60. The Morgan fingerprint density at radius 3 is 2.69 bits per heavy atom. The molecule has 0 saturated heterocycles. The predicted octanol–water partition coefficient (Wildman–Crippen LogP) is 5.91. The first-order chi connectivity index (χ1) is 16.9. The molecule has 0 aliphatic heterocycles. The van der Waals surface area contributed by atoms with Gasteiger partial charge in [0.1, 0.15) is 33.6 Å². The second-order valence-electron chi connectivity index (χ2n) is 10.00. The lowest BCUT2D eigenvalue weighted by Crippen LogP contribution is -2.46. The fourth-order valence-corrected chi connectivity index (χ4v) is 5.74. The average molecular weight is 493 g/mol. The fourth-order valence-electron chi connectivity index (χ4n) is 5.03. The molecule has 0 bridgehead atoms. The van der Waals surface area contributed by atoms with E-state index in [4.69, 9.17) is 5.26 Å². The summed E-state index contributed by atoms with van der Waals surface area (Å²) in [6.45, 7) is 4.46. The van der Waals surface area contributed by atoms with Crippen LogP contribution in [-0.4, -0.2) is 43.5 Å². The van der Waals surface area contributed by atoms with Crippen molar-refractivity contribution in [1.82, 2.24) is 20.2 Å². The number of phenols is 1. The first-order valence-electron chi connectivity index (χ1n) is 12.2. The predicted molar refractivity (Wildman–Crippen MR) is 134 cm³/mol. The molecule has 2 aliphatic carbocycles. The molecule has 7 nitrogen and oxygen atoms in total. The third-order valence-electron chi connectivity index (χ3n) is 7.45. The van der Waals surface area contributed by atoms with Gasteiger partial charge in [-0.15, -0.1) is 21.5 Å². The highest BCUT2D eigenvalue weighted by Gasteiger charge is 2.44. The van der Waals surface area contributed by atoms with Crippen LogP contribution in [0.3, 0.4) is 0 Å². The van der Waals surface area contributed by atoms with Gasteiger partial charge in [-0.3, -0.25) is 0 Å². The smallest absolute Gasteiger partial charge is 0.245 e. The normalized spacial score (nSPS) is 24.5. The number of benzene rings is 1. The molecule has 1 N–H and O–H groups in total. The first kappa shape index (κ1) is 23.6. The molecule has 9 heteroatoms. The van der Waals surface area contributed by atoms with E-state index in [0.717, 1.165) is 44.1 Å². The third-order valence-corrected chi connectivity index (χ3v) is 8.40. The average Bonchev–Trinajstić information content (AvgIpc) is 3.61. The number of hydrogen-bond donors (Lipinski definition) is 1. The van der Waals surface area contributed by atoms with E-state index in [2.05, 4.69) is 45.0 Å². The van der Waals surface area contributed by atoms with E-state index in [-0.39, 0.29) is 23.2 Å². The Balaban J connectivity index is 1.41. The van der Waals surface area contributed by atoms with Crippen molar-refractivity contribution in [1.29, 1.82) is 5.26 Å². The molecule has 0 unspecified atom stereocenters. The Kier molecular flexibility index (Phi) is 6.41. The highest BCUT2D eigenvalue weighted by molar-refractivity contribution is 7.15. The molecule has 3 atom stereocenters. The third kappa shape index (κ3) is 4.85. The molecule has 1 aromatic carbocycles. The summed E-state index contributed by atoms with van der Waals surface area (Å²) in [5, 5.41) is 29.1. The minimum absolute atomic E-state index is 0.0328. The molecule has 2 heterocycles. The molecule has 182 valence electrons. The largest absolute Gasteiger partial charge is 0.507 e. The van der Waals surface area contributed by atoms with Gasteiger partial charge in [0.15, 0.2) is 0 Å². The lowest BCUT2D eigenvalue weighted by atomic mass is 9.78. The quantitative estimate of drug-likeness (QED) is 0.427. The van der Waals surface area contributed by atoms with E-state index in [1.165, 1.54) is 17.5 Å². The maximum absolute atomic E-state index is 15.3. The van der Waals surface area contributed by atoms with Crippen LogP contribution in [0.5, 0.6) is 5.75 Å². The van der Waals surface area contributed by atoms with Crippen molar-refractivity contribution in [2.45, 2.75) is 77.0 Å². The molecule has 2 aromatic heterocycles. The molecule has 0 amide bonds. The monoisotopic (exact) mass is 492 g/mol. The second kappa shape index (κ2) is 9.50. The molecule has 2 fully saturated rings. The van der Waals surface area contributed by atoms with Crippen LogP contribution in [0, 0.1) is 16.7 Å². The van der Waals surface area contributed by atoms with Crippen molar-refractivity contribution in [2.24, 2.45) is 5.41 Å². The van der Waals surface area contributed by atoms with Crippen molar-refractivity contribution in [3.05, 3.63) is 35.5 Å². The van der Waals surface area contributed by atoms with Crippen LogP contribution >= 0.6 is 11.3 Å². The molecular weight excluding hydrogens is 463 g/mol. The Labute approximate surface area is 208 Å². The number of phenolic OH excluding ortho intramolecular Hbond substituents is 1. The summed E-state index contributed by atoms with van der Waals surface area (Å²) >= 11 is 1.27. The molecule has 3 aromatic rings. The minimum Gasteiger partial charge on any atom is -0.507 e. The molecule has 0 radical (unpaired) electrons. The summed E-state index contributed by atoms with van der Waals surface area (Å²) in [7, 11) is 0. The Bertz CT molecular complexity index is 1240. The summed E-state index contributed by atoms with van der Waals surface area (Å²) in [4.78, 5) is 11.4. The van der Waals surface area contributed by atoms with Crippen LogP contribution in [0.25, 0.3) is 21.8 Å². The van der Waals surface area contributed by atoms with E-state index in [1.54, 1.807) is 18.3 Å². The number of thiazole rings is 1. The van der Waals surface area contributed by atoms with Gasteiger partial charge in [0.25, 0.3) is 0 Å². The van der Waals surface area contributed by atoms with Gasteiger partial charge < -0.3 is 10.0 Å². The van der Waals surface area contributed by atoms with Crippen LogP contribution in [-0.2, 0) is 0 Å². The van der Waals surface area contributed by atoms with Gasteiger partial charge >= 0.3 is 0 Å². The second-order valence-corrected chi connectivity index (χ2v) is 11.0. The van der Waals surface area contributed by atoms with E-state index in [9.17, 15) is 5.11 Å². The van der Waals surface area contributed by atoms with Gasteiger partial charge in [-0.1, -0.05) is 26.3 Å². The van der Waals surface area contributed by atoms with Crippen molar-refractivity contribution >= 4 is 17.3 Å². The topological polar surface area (TPSA) is 98.8 Å². The summed E-state index contributed by atoms with van der Waals surface area (Å²) < 4.78 is 15.3. The summed E-state index contributed by atoms with van der Waals surface area (Å²) in [6, 6.07) is 7.26. The van der Waals surface area contributed by atoms with Crippen molar-refractivity contribution in [2.75, 3.05) is 4.90 Å². The fraction of sp³-hybridized carbons (Fsp3) is 0.500.